The molecule has 8 nitrogen and oxygen atoms in total. The molecule has 2 aromatic heterocycles. The van der Waals surface area contributed by atoms with Gasteiger partial charge in [0.05, 0.1) is 41.2 Å². The normalized spacial score (nSPS) is 16.5. The monoisotopic (exact) mass is 601 g/mol. The number of amides is 1. The van der Waals surface area contributed by atoms with Crippen molar-refractivity contribution in [3.8, 4) is 5.69 Å². The largest absolute Gasteiger partial charge is 0.465 e. The maximum atomic E-state index is 12.3. The second-order valence-electron chi connectivity index (χ2n) is 10.5. The number of halogens is 1. The molecule has 0 unspecified atom stereocenters. The van der Waals surface area contributed by atoms with E-state index in [0.717, 1.165) is 34.0 Å². The van der Waals surface area contributed by atoms with Gasteiger partial charge in [0.25, 0.3) is 0 Å². The highest BCUT2D eigenvalue weighted by atomic mass is 35.5. The average molecular weight is 602 g/mol. The second-order valence-corrected chi connectivity index (χ2v) is 11.3. The van der Waals surface area contributed by atoms with Gasteiger partial charge in [-0.05, 0) is 86.2 Å². The molecule has 1 aliphatic rings. The van der Waals surface area contributed by atoms with Crippen LogP contribution in [-0.2, 0) is 9.53 Å². The van der Waals surface area contributed by atoms with Crippen LogP contribution in [0.15, 0.2) is 72.9 Å². The summed E-state index contributed by atoms with van der Waals surface area (Å²) >= 11 is 12.6. The first-order chi connectivity index (χ1) is 20.1. The van der Waals surface area contributed by atoms with Gasteiger partial charge in [0.15, 0.2) is 5.11 Å². The quantitative estimate of drug-likeness (QED) is 0.180. The van der Waals surface area contributed by atoms with Gasteiger partial charge in [-0.1, -0.05) is 37.6 Å². The van der Waals surface area contributed by atoms with Crippen molar-refractivity contribution in [2.45, 2.75) is 39.8 Å². The number of hydrogen-bond acceptors (Lipinski definition) is 5. The summed E-state index contributed by atoms with van der Waals surface area (Å²) in [5.74, 6) is -0.681. The number of esters is 1. The minimum atomic E-state index is -0.392. The first-order valence-electron chi connectivity index (χ1n) is 13.6. The van der Waals surface area contributed by atoms with Gasteiger partial charge in [-0.2, -0.15) is 0 Å². The molecule has 1 aliphatic heterocycles. The van der Waals surface area contributed by atoms with Crippen molar-refractivity contribution in [1.82, 2.24) is 14.9 Å². The number of anilines is 2. The maximum absolute atomic E-state index is 12.3. The zero-order chi connectivity index (χ0) is 30.1. The lowest BCUT2D eigenvalue weighted by atomic mass is 9.96. The lowest BCUT2D eigenvalue weighted by molar-refractivity contribution is -0.118. The number of methoxy groups -OCH3 is 1. The third kappa shape index (κ3) is 5.49. The maximum Gasteiger partial charge on any atom is 0.337 e. The van der Waals surface area contributed by atoms with Crippen molar-refractivity contribution in [3.63, 3.8) is 0 Å². The second kappa shape index (κ2) is 12.0. The Morgan fingerprint density at radius 1 is 1.05 bits per heavy atom. The van der Waals surface area contributed by atoms with Gasteiger partial charge in [-0.3, -0.25) is 9.78 Å². The van der Waals surface area contributed by atoms with Crippen LogP contribution in [0.25, 0.3) is 5.69 Å². The Morgan fingerprint density at radius 3 is 2.50 bits per heavy atom. The number of thiocarbonyl (C=S) groups is 1. The summed E-state index contributed by atoms with van der Waals surface area (Å²) in [5, 5.41) is 7.32. The van der Waals surface area contributed by atoms with Gasteiger partial charge in [-0.15, -0.1) is 0 Å². The molecule has 0 radical (unpaired) electrons. The van der Waals surface area contributed by atoms with E-state index in [9.17, 15) is 9.59 Å². The van der Waals surface area contributed by atoms with E-state index in [1.165, 1.54) is 7.11 Å². The number of hydrogen-bond donors (Lipinski definition) is 2. The van der Waals surface area contributed by atoms with E-state index in [2.05, 4.69) is 33.2 Å². The highest BCUT2D eigenvalue weighted by molar-refractivity contribution is 7.80. The molecule has 0 bridgehead atoms. The molecule has 1 fully saturated rings. The summed E-state index contributed by atoms with van der Waals surface area (Å²) < 4.78 is 7.06. The topological polar surface area (TPSA) is 88.5 Å². The lowest BCUT2D eigenvalue weighted by Gasteiger charge is -2.28. The third-order valence-electron chi connectivity index (χ3n) is 7.43. The SMILES string of the molecule is COC(=O)c1cccc(-n2c(C)cc([C@H]3[C@H](c4ccccn4)NC(=S)N3c3ccc(NC(=O)C(C)C)c(Cl)c3)c2C)c1. The molecule has 0 spiro atoms. The molecular formula is C32H32ClN5O3S. The fraction of sp³-hybridized carbons (Fsp3) is 0.250. The van der Waals surface area contributed by atoms with Gasteiger partial charge in [-0.25, -0.2) is 4.79 Å². The lowest BCUT2D eigenvalue weighted by Crippen LogP contribution is -2.29. The van der Waals surface area contributed by atoms with E-state index in [1.54, 1.807) is 18.3 Å². The molecule has 216 valence electrons. The number of carbonyl (C=O) groups excluding carboxylic acids is 2. The molecule has 10 heteroatoms. The number of carbonyl (C=O) groups is 2. The number of aromatic nitrogens is 2. The number of pyridine rings is 1. The van der Waals surface area contributed by atoms with Crippen molar-refractivity contribution in [2.24, 2.45) is 5.92 Å². The first-order valence-corrected chi connectivity index (χ1v) is 14.4. The van der Waals surface area contributed by atoms with Crippen LogP contribution in [0, 0.1) is 19.8 Å². The van der Waals surface area contributed by atoms with E-state index in [4.69, 9.17) is 28.6 Å². The number of nitrogens with zero attached hydrogens (tertiary/aromatic N) is 3. The predicted molar refractivity (Wildman–Crippen MR) is 169 cm³/mol. The van der Waals surface area contributed by atoms with Crippen molar-refractivity contribution in [3.05, 3.63) is 106 Å². The molecule has 3 heterocycles. The summed E-state index contributed by atoms with van der Waals surface area (Å²) in [6.45, 7) is 7.75. The fourth-order valence-corrected chi connectivity index (χ4v) is 5.92. The molecule has 2 N–H and O–H groups in total. The average Bonchev–Trinajstić information content (AvgIpc) is 3.48. The Kier molecular flexibility index (Phi) is 8.34. The van der Waals surface area contributed by atoms with Gasteiger partial charge in [0.1, 0.15) is 0 Å². The van der Waals surface area contributed by atoms with Crippen LogP contribution in [0.5, 0.6) is 0 Å². The Labute approximate surface area is 255 Å². The molecule has 2 aromatic carbocycles. The van der Waals surface area contributed by atoms with E-state index < -0.39 is 5.97 Å². The molecule has 0 saturated carbocycles. The van der Waals surface area contributed by atoms with Crippen molar-refractivity contribution >= 4 is 52.2 Å². The summed E-state index contributed by atoms with van der Waals surface area (Å²) in [5.41, 5.74) is 6.50. The summed E-state index contributed by atoms with van der Waals surface area (Å²) in [6.07, 6.45) is 1.77. The zero-order valence-corrected chi connectivity index (χ0v) is 25.6. The fourth-order valence-electron chi connectivity index (χ4n) is 5.36. The molecule has 0 aliphatic carbocycles. The highest BCUT2D eigenvalue weighted by Gasteiger charge is 2.42. The molecule has 4 aromatic rings. The van der Waals surface area contributed by atoms with Crippen molar-refractivity contribution in [2.75, 3.05) is 17.3 Å². The molecule has 1 saturated heterocycles. The number of ether oxygens (including phenoxy) is 1. The number of nitrogens with one attached hydrogen (secondary N) is 2. The van der Waals surface area contributed by atoms with Crippen LogP contribution >= 0.6 is 23.8 Å². The zero-order valence-electron chi connectivity index (χ0n) is 24.0. The van der Waals surface area contributed by atoms with E-state index in [1.807, 2.05) is 74.2 Å². The van der Waals surface area contributed by atoms with Crippen LogP contribution in [-0.4, -0.2) is 33.6 Å². The summed E-state index contributed by atoms with van der Waals surface area (Å²) in [7, 11) is 1.37. The van der Waals surface area contributed by atoms with Crippen molar-refractivity contribution in [1.29, 1.82) is 0 Å². The van der Waals surface area contributed by atoms with Crippen LogP contribution < -0.4 is 15.5 Å². The smallest absolute Gasteiger partial charge is 0.337 e. The molecule has 42 heavy (non-hydrogen) atoms. The Bertz CT molecular complexity index is 1670. The van der Waals surface area contributed by atoms with Crippen LogP contribution in [0.4, 0.5) is 11.4 Å². The van der Waals surface area contributed by atoms with E-state index >= 15 is 0 Å². The van der Waals surface area contributed by atoms with Crippen LogP contribution in [0.1, 0.15) is 58.9 Å². The van der Waals surface area contributed by atoms with Gasteiger partial charge in [0, 0.05) is 34.9 Å². The van der Waals surface area contributed by atoms with Gasteiger partial charge < -0.3 is 24.8 Å². The van der Waals surface area contributed by atoms with E-state index in [-0.39, 0.29) is 23.9 Å². The Morgan fingerprint density at radius 2 is 1.83 bits per heavy atom. The molecule has 2 atom stereocenters. The number of aryl methyl sites for hydroxylation is 1. The van der Waals surface area contributed by atoms with Crippen LogP contribution in [0.3, 0.4) is 0 Å². The molecule has 5 rings (SSSR count). The molecular weight excluding hydrogens is 570 g/mol. The Hall–Kier alpha value is -4.21. The third-order valence-corrected chi connectivity index (χ3v) is 8.05. The predicted octanol–water partition coefficient (Wildman–Crippen LogP) is 6.70. The minimum Gasteiger partial charge on any atom is -0.465 e. The summed E-state index contributed by atoms with van der Waals surface area (Å²) in [6, 6.07) is 20.3. The first kappa shape index (κ1) is 29.3. The van der Waals surface area contributed by atoms with E-state index in [0.29, 0.717) is 21.4 Å². The number of benzene rings is 2. The van der Waals surface area contributed by atoms with Crippen molar-refractivity contribution < 1.29 is 14.3 Å². The number of rotatable bonds is 7. The summed E-state index contributed by atoms with van der Waals surface area (Å²) in [4.78, 5) is 31.3. The highest BCUT2D eigenvalue weighted by Crippen LogP contribution is 2.44. The van der Waals surface area contributed by atoms with Gasteiger partial charge >= 0.3 is 5.97 Å². The molecule has 1 amide bonds. The minimum absolute atomic E-state index is 0.111. The van der Waals surface area contributed by atoms with Crippen LogP contribution in [0.2, 0.25) is 5.02 Å². The van der Waals surface area contributed by atoms with Gasteiger partial charge in [0.2, 0.25) is 5.91 Å². The standard InChI is InChI=1S/C32H32ClN5O3S/c1-18(2)30(39)35-26-13-12-23(17-25(26)33)38-29(28(36-32(38)42)27-11-6-7-14-34-27)24-15-19(3)37(20(24)4)22-10-8-9-21(16-22)31(40)41-5/h6-18,28-29H,1-5H3,(H,35,39)(H,36,42)/t28-,29-/m0/s1. The Balaban J connectivity index is 1.62.